The maximum atomic E-state index is 10.3. The molecule has 0 radical (unpaired) electrons. The lowest BCUT2D eigenvalue weighted by atomic mass is 10.1. The molecule has 74 valence electrons. The standard InChI is InChI=1S/C9H17ClO.ClH/c1-2-3-4-5-6-7-8-9(10)11;/h2-8H2,1H3;1H. The number of hydrogen-bond donors (Lipinski definition) is 0. The molecule has 0 aliphatic rings. The van der Waals surface area contributed by atoms with Crippen molar-refractivity contribution < 1.29 is 4.79 Å². The summed E-state index contributed by atoms with van der Waals surface area (Å²) in [6.45, 7) is 2.20. The van der Waals surface area contributed by atoms with Gasteiger partial charge in [-0.3, -0.25) is 4.79 Å². The van der Waals surface area contributed by atoms with E-state index in [1.54, 1.807) is 0 Å². The van der Waals surface area contributed by atoms with Crippen LogP contribution in [0.5, 0.6) is 0 Å². The highest BCUT2D eigenvalue weighted by Gasteiger charge is 1.94. The van der Waals surface area contributed by atoms with E-state index in [9.17, 15) is 4.79 Å². The largest absolute Gasteiger partial charge is 0.281 e. The van der Waals surface area contributed by atoms with Crippen molar-refractivity contribution >= 4 is 29.3 Å². The van der Waals surface area contributed by atoms with Gasteiger partial charge >= 0.3 is 0 Å². The highest BCUT2D eigenvalue weighted by molar-refractivity contribution is 6.63. The molecule has 0 aromatic rings. The summed E-state index contributed by atoms with van der Waals surface area (Å²) in [5.41, 5.74) is 0. The van der Waals surface area contributed by atoms with Crippen molar-refractivity contribution in [2.45, 2.75) is 51.9 Å². The van der Waals surface area contributed by atoms with Crippen molar-refractivity contribution in [1.82, 2.24) is 0 Å². The van der Waals surface area contributed by atoms with E-state index in [0.717, 1.165) is 12.8 Å². The second-order valence-corrected chi connectivity index (χ2v) is 3.29. The van der Waals surface area contributed by atoms with Crippen LogP contribution in [0, 0.1) is 0 Å². The Balaban J connectivity index is 0. The number of carbonyl (C=O) groups excluding carboxylic acids is 1. The zero-order chi connectivity index (χ0) is 8.53. The molecule has 0 rings (SSSR count). The van der Waals surface area contributed by atoms with Gasteiger partial charge in [0.25, 0.3) is 0 Å². The molecule has 0 heterocycles. The van der Waals surface area contributed by atoms with Gasteiger partial charge in [-0.05, 0) is 18.0 Å². The van der Waals surface area contributed by atoms with Gasteiger partial charge < -0.3 is 0 Å². The van der Waals surface area contributed by atoms with Crippen LogP contribution in [0.1, 0.15) is 51.9 Å². The summed E-state index contributed by atoms with van der Waals surface area (Å²) in [4.78, 5) is 10.3. The van der Waals surface area contributed by atoms with E-state index in [0.29, 0.717) is 6.42 Å². The van der Waals surface area contributed by atoms with Crippen LogP contribution in [-0.4, -0.2) is 5.24 Å². The molecule has 0 amide bonds. The molecule has 0 fully saturated rings. The first-order chi connectivity index (χ1) is 5.27. The Bertz CT molecular complexity index is 105. The van der Waals surface area contributed by atoms with Gasteiger partial charge in [-0.2, -0.15) is 0 Å². The SMILES string of the molecule is CCCCCCCCC(=O)Cl.Cl. The summed E-state index contributed by atoms with van der Waals surface area (Å²) in [5.74, 6) is 0. The molecule has 0 aromatic heterocycles. The minimum Gasteiger partial charge on any atom is -0.281 e. The van der Waals surface area contributed by atoms with Gasteiger partial charge in [0.1, 0.15) is 0 Å². The third-order valence-electron chi connectivity index (χ3n) is 1.73. The Morgan fingerprint density at radius 3 is 2.08 bits per heavy atom. The molecular formula is C9H18Cl2O. The molecule has 0 N–H and O–H groups in total. The smallest absolute Gasteiger partial charge is 0.221 e. The molecule has 0 aromatic carbocycles. The van der Waals surface area contributed by atoms with Gasteiger partial charge in [0.2, 0.25) is 5.24 Å². The van der Waals surface area contributed by atoms with E-state index in [-0.39, 0.29) is 17.6 Å². The quantitative estimate of drug-likeness (QED) is 0.462. The van der Waals surface area contributed by atoms with Gasteiger partial charge in [-0.15, -0.1) is 12.4 Å². The molecule has 0 saturated heterocycles. The Morgan fingerprint density at radius 2 is 1.58 bits per heavy atom. The zero-order valence-corrected chi connectivity index (χ0v) is 9.22. The third-order valence-corrected chi connectivity index (χ3v) is 1.92. The van der Waals surface area contributed by atoms with Crippen molar-refractivity contribution in [3.05, 3.63) is 0 Å². The molecule has 0 saturated carbocycles. The molecule has 0 aliphatic heterocycles. The first kappa shape index (κ1) is 14.8. The van der Waals surface area contributed by atoms with Crippen molar-refractivity contribution in [2.75, 3.05) is 0 Å². The summed E-state index contributed by atoms with van der Waals surface area (Å²) >= 11 is 5.18. The fourth-order valence-corrected chi connectivity index (χ4v) is 1.18. The van der Waals surface area contributed by atoms with Crippen LogP contribution in [0.4, 0.5) is 0 Å². The van der Waals surface area contributed by atoms with Crippen LogP contribution < -0.4 is 0 Å². The van der Waals surface area contributed by atoms with Crippen molar-refractivity contribution in [3.8, 4) is 0 Å². The van der Waals surface area contributed by atoms with Crippen molar-refractivity contribution in [2.24, 2.45) is 0 Å². The van der Waals surface area contributed by atoms with E-state index in [1.165, 1.54) is 25.7 Å². The molecule has 0 bridgehead atoms. The second kappa shape index (κ2) is 11.2. The molecule has 12 heavy (non-hydrogen) atoms. The van der Waals surface area contributed by atoms with Crippen LogP contribution in [0.25, 0.3) is 0 Å². The number of carbonyl (C=O) groups is 1. The van der Waals surface area contributed by atoms with Crippen LogP contribution >= 0.6 is 24.0 Å². The second-order valence-electron chi connectivity index (χ2n) is 2.87. The fourth-order valence-electron chi connectivity index (χ4n) is 1.04. The van der Waals surface area contributed by atoms with E-state index >= 15 is 0 Å². The monoisotopic (exact) mass is 212 g/mol. The summed E-state index contributed by atoms with van der Waals surface area (Å²) in [6.07, 6.45) is 7.80. The van der Waals surface area contributed by atoms with Crippen molar-refractivity contribution in [1.29, 1.82) is 0 Å². The predicted octanol–water partition coefficient (Wildman–Crippen LogP) is 3.92. The summed E-state index contributed by atoms with van der Waals surface area (Å²) in [6, 6.07) is 0. The average molecular weight is 213 g/mol. The summed E-state index contributed by atoms with van der Waals surface area (Å²) < 4.78 is 0. The van der Waals surface area contributed by atoms with Gasteiger partial charge in [0, 0.05) is 6.42 Å². The zero-order valence-electron chi connectivity index (χ0n) is 7.64. The number of rotatable bonds is 7. The Morgan fingerprint density at radius 1 is 1.08 bits per heavy atom. The number of halogens is 2. The summed E-state index contributed by atoms with van der Waals surface area (Å²) in [5, 5.41) is -0.194. The highest BCUT2D eigenvalue weighted by Crippen LogP contribution is 2.07. The predicted molar refractivity (Wildman–Crippen MR) is 56.1 cm³/mol. The first-order valence-electron chi connectivity index (χ1n) is 4.45. The van der Waals surface area contributed by atoms with Crippen LogP contribution in [0.3, 0.4) is 0 Å². The van der Waals surface area contributed by atoms with E-state index in [2.05, 4.69) is 6.92 Å². The minimum absolute atomic E-state index is 0. The van der Waals surface area contributed by atoms with Gasteiger partial charge in [0.05, 0.1) is 0 Å². The van der Waals surface area contributed by atoms with E-state index in [1.807, 2.05) is 0 Å². The molecule has 3 heteroatoms. The lowest BCUT2D eigenvalue weighted by molar-refractivity contribution is -0.111. The molecule has 1 nitrogen and oxygen atoms in total. The molecule has 0 atom stereocenters. The highest BCUT2D eigenvalue weighted by atomic mass is 35.5. The lowest BCUT2D eigenvalue weighted by Gasteiger charge is -1.96. The molecule has 0 unspecified atom stereocenters. The lowest BCUT2D eigenvalue weighted by Crippen LogP contribution is -1.85. The van der Waals surface area contributed by atoms with E-state index < -0.39 is 0 Å². The van der Waals surface area contributed by atoms with E-state index in [4.69, 9.17) is 11.6 Å². The van der Waals surface area contributed by atoms with Gasteiger partial charge in [-0.1, -0.05) is 39.0 Å². The number of unbranched alkanes of at least 4 members (excludes halogenated alkanes) is 5. The molecule has 0 aliphatic carbocycles. The normalized spacial score (nSPS) is 9.17. The average Bonchev–Trinajstić information content (AvgIpc) is 1.96. The van der Waals surface area contributed by atoms with Crippen LogP contribution in [-0.2, 0) is 4.79 Å². The van der Waals surface area contributed by atoms with Gasteiger partial charge in [0.15, 0.2) is 0 Å². The summed E-state index contributed by atoms with van der Waals surface area (Å²) in [7, 11) is 0. The maximum Gasteiger partial charge on any atom is 0.221 e. The minimum atomic E-state index is -0.194. The molecular weight excluding hydrogens is 195 g/mol. The Kier molecular flexibility index (Phi) is 13.8. The number of hydrogen-bond acceptors (Lipinski definition) is 1. The van der Waals surface area contributed by atoms with Crippen LogP contribution in [0.2, 0.25) is 0 Å². The third kappa shape index (κ3) is 12.9. The van der Waals surface area contributed by atoms with Gasteiger partial charge in [-0.25, -0.2) is 0 Å². The Labute approximate surface area is 86.3 Å². The van der Waals surface area contributed by atoms with Crippen molar-refractivity contribution in [3.63, 3.8) is 0 Å². The van der Waals surface area contributed by atoms with Crippen LogP contribution in [0.15, 0.2) is 0 Å². The molecule has 0 spiro atoms. The topological polar surface area (TPSA) is 17.1 Å². The Hall–Kier alpha value is 0.250. The first-order valence-corrected chi connectivity index (χ1v) is 4.83. The maximum absolute atomic E-state index is 10.3. The fraction of sp³-hybridized carbons (Fsp3) is 0.889.